The zero-order chi connectivity index (χ0) is 26.8. The molecule has 0 saturated carbocycles. The zero-order valence-corrected chi connectivity index (χ0v) is 22.4. The summed E-state index contributed by atoms with van der Waals surface area (Å²) >= 11 is 5.85. The highest BCUT2D eigenvalue weighted by Gasteiger charge is 2.49. The normalized spacial score (nSPS) is 18.6. The Hall–Kier alpha value is -2.97. The number of alkyl halides is 1. The van der Waals surface area contributed by atoms with Gasteiger partial charge in [0.1, 0.15) is 29.1 Å². The Kier molecular flexibility index (Phi) is 8.10. The SMILES string of the molecule is COc1c(NC(=O)CCl)c(CCc2ccccc2)c2c(c1C(C)(C)C)[C@H](OC(N)=O)[C@@H](O)C(C)(C)O2. The van der Waals surface area contributed by atoms with Gasteiger partial charge in [0.05, 0.1) is 12.8 Å². The third-order valence-corrected chi connectivity index (χ3v) is 6.52. The number of halogens is 1. The second-order valence-corrected chi connectivity index (χ2v) is 10.7. The van der Waals surface area contributed by atoms with Crippen LogP contribution in [0.2, 0.25) is 0 Å². The minimum Gasteiger partial charge on any atom is -0.494 e. The summed E-state index contributed by atoms with van der Waals surface area (Å²) in [5.74, 6) is 0.150. The van der Waals surface area contributed by atoms with E-state index in [0.717, 1.165) is 5.56 Å². The Labute approximate surface area is 217 Å². The lowest BCUT2D eigenvalue weighted by Crippen LogP contribution is -2.51. The number of aliphatic hydroxyl groups is 1. The first-order valence-corrected chi connectivity index (χ1v) is 12.3. The molecule has 196 valence electrons. The number of nitrogens with two attached hydrogens (primary N) is 1. The first-order valence-electron chi connectivity index (χ1n) is 11.8. The van der Waals surface area contributed by atoms with Crippen LogP contribution in [0.1, 0.15) is 63.0 Å². The van der Waals surface area contributed by atoms with Gasteiger partial charge in [0.25, 0.3) is 0 Å². The predicted octanol–water partition coefficient (Wildman–Crippen LogP) is 4.62. The van der Waals surface area contributed by atoms with Gasteiger partial charge in [0, 0.05) is 16.7 Å². The number of primary amides is 1. The number of carbonyl (C=O) groups is 2. The summed E-state index contributed by atoms with van der Waals surface area (Å²) < 4.78 is 17.8. The minimum absolute atomic E-state index is 0.248. The molecule has 2 aromatic rings. The highest BCUT2D eigenvalue weighted by Crippen LogP contribution is 2.55. The van der Waals surface area contributed by atoms with E-state index in [1.165, 1.54) is 7.11 Å². The van der Waals surface area contributed by atoms with E-state index in [9.17, 15) is 14.7 Å². The van der Waals surface area contributed by atoms with Crippen LogP contribution >= 0.6 is 11.6 Å². The number of methoxy groups -OCH3 is 1. The van der Waals surface area contributed by atoms with Crippen LogP contribution in [-0.2, 0) is 27.8 Å². The van der Waals surface area contributed by atoms with E-state index in [1.54, 1.807) is 13.8 Å². The quantitative estimate of drug-likeness (QED) is 0.460. The van der Waals surface area contributed by atoms with Gasteiger partial charge in [-0.25, -0.2) is 4.79 Å². The molecule has 0 aromatic heterocycles. The summed E-state index contributed by atoms with van der Waals surface area (Å²) in [5, 5.41) is 14.1. The lowest BCUT2D eigenvalue weighted by atomic mass is 9.75. The average molecular weight is 519 g/mol. The van der Waals surface area contributed by atoms with E-state index in [2.05, 4.69) is 5.32 Å². The van der Waals surface area contributed by atoms with Gasteiger partial charge in [0.2, 0.25) is 5.91 Å². The average Bonchev–Trinajstić information content (AvgIpc) is 2.80. The maximum Gasteiger partial charge on any atom is 0.405 e. The van der Waals surface area contributed by atoms with E-state index in [4.69, 9.17) is 31.5 Å². The Morgan fingerprint density at radius 2 is 1.83 bits per heavy atom. The van der Waals surface area contributed by atoms with E-state index >= 15 is 0 Å². The number of ether oxygens (including phenoxy) is 3. The molecule has 0 fully saturated rings. The van der Waals surface area contributed by atoms with E-state index in [-0.39, 0.29) is 5.88 Å². The fourth-order valence-corrected chi connectivity index (χ4v) is 4.73. The number of nitrogens with one attached hydrogen (secondary N) is 1. The molecule has 0 bridgehead atoms. The van der Waals surface area contributed by atoms with Gasteiger partial charge in [-0.1, -0.05) is 51.1 Å². The van der Waals surface area contributed by atoms with Gasteiger partial charge in [-0.3, -0.25) is 4.79 Å². The molecule has 3 rings (SSSR count). The Bertz CT molecular complexity index is 1130. The van der Waals surface area contributed by atoms with Crippen LogP contribution in [0, 0.1) is 0 Å². The molecular weight excluding hydrogens is 484 g/mol. The van der Waals surface area contributed by atoms with Gasteiger partial charge < -0.3 is 30.4 Å². The molecule has 0 unspecified atom stereocenters. The van der Waals surface area contributed by atoms with Crippen molar-refractivity contribution in [1.82, 2.24) is 0 Å². The first-order chi connectivity index (χ1) is 16.8. The minimum atomic E-state index is -1.21. The lowest BCUT2D eigenvalue weighted by molar-refractivity contribution is -0.114. The first kappa shape index (κ1) is 27.6. The number of hydrogen-bond donors (Lipinski definition) is 3. The number of aliphatic hydroxyl groups excluding tert-OH is 1. The third-order valence-electron chi connectivity index (χ3n) is 6.28. The molecule has 1 heterocycles. The van der Waals surface area contributed by atoms with Crippen molar-refractivity contribution >= 4 is 29.3 Å². The van der Waals surface area contributed by atoms with Crippen LogP contribution in [0.15, 0.2) is 30.3 Å². The van der Waals surface area contributed by atoms with Gasteiger partial charge in [-0.2, -0.15) is 0 Å². The van der Waals surface area contributed by atoms with Crippen LogP contribution in [0.25, 0.3) is 0 Å². The van der Waals surface area contributed by atoms with Crippen molar-refractivity contribution in [3.63, 3.8) is 0 Å². The Balaban J connectivity index is 2.40. The van der Waals surface area contributed by atoms with Crippen LogP contribution in [0.5, 0.6) is 11.5 Å². The fourth-order valence-electron chi connectivity index (χ4n) is 4.66. The lowest BCUT2D eigenvalue weighted by Gasteiger charge is -2.45. The molecule has 0 spiro atoms. The number of anilines is 1. The third kappa shape index (κ3) is 5.55. The Morgan fingerprint density at radius 3 is 2.36 bits per heavy atom. The maximum atomic E-state index is 12.5. The molecule has 0 radical (unpaired) electrons. The van der Waals surface area contributed by atoms with E-state index in [1.807, 2.05) is 51.1 Å². The number of rotatable bonds is 7. The second-order valence-electron chi connectivity index (χ2n) is 10.4. The molecule has 2 atom stereocenters. The summed E-state index contributed by atoms with van der Waals surface area (Å²) in [6, 6.07) is 9.88. The molecule has 36 heavy (non-hydrogen) atoms. The number of benzene rings is 2. The Morgan fingerprint density at radius 1 is 1.19 bits per heavy atom. The standard InChI is InChI=1S/C27H35ClN2O6/c1-26(2,3)19-18-21(36-27(4,5)24(32)22(18)35-25(29)33)16(13-12-15-10-8-7-9-11-15)20(23(19)34-6)30-17(31)14-28/h7-11,22,24,32H,12-14H2,1-6H3,(H2,29,33)(H,30,31)/t22-,24+/m0/s1. The van der Waals surface area contributed by atoms with Crippen molar-refractivity contribution in [3.8, 4) is 11.5 Å². The van der Waals surface area contributed by atoms with Crippen LogP contribution in [0.3, 0.4) is 0 Å². The van der Waals surface area contributed by atoms with Crippen LogP contribution in [0.4, 0.5) is 10.5 Å². The summed E-state index contributed by atoms with van der Waals surface area (Å²) in [4.78, 5) is 24.5. The molecule has 9 heteroatoms. The van der Waals surface area contributed by atoms with Crippen LogP contribution < -0.4 is 20.5 Å². The highest BCUT2D eigenvalue weighted by molar-refractivity contribution is 6.29. The van der Waals surface area contributed by atoms with Crippen molar-refractivity contribution in [2.24, 2.45) is 5.73 Å². The predicted molar refractivity (Wildman–Crippen MR) is 139 cm³/mol. The number of fused-ring (bicyclic) bond motifs is 1. The zero-order valence-electron chi connectivity index (χ0n) is 21.6. The van der Waals surface area contributed by atoms with E-state index < -0.39 is 35.2 Å². The summed E-state index contributed by atoms with van der Waals surface area (Å²) in [6.45, 7) is 9.27. The van der Waals surface area contributed by atoms with Crippen molar-refractivity contribution in [1.29, 1.82) is 0 Å². The van der Waals surface area contributed by atoms with Crippen molar-refractivity contribution < 1.29 is 28.9 Å². The van der Waals surface area contributed by atoms with Crippen molar-refractivity contribution in [2.75, 3.05) is 18.3 Å². The maximum absolute atomic E-state index is 12.5. The van der Waals surface area contributed by atoms with Crippen LogP contribution in [-0.4, -0.2) is 41.8 Å². The highest BCUT2D eigenvalue weighted by atomic mass is 35.5. The van der Waals surface area contributed by atoms with Crippen molar-refractivity contribution in [3.05, 3.63) is 52.6 Å². The largest absolute Gasteiger partial charge is 0.494 e. The van der Waals surface area contributed by atoms with Gasteiger partial charge in [-0.05, 0) is 37.7 Å². The molecule has 0 aliphatic carbocycles. The number of hydrogen-bond acceptors (Lipinski definition) is 6. The number of aryl methyl sites for hydroxylation is 1. The topological polar surface area (TPSA) is 120 Å². The molecule has 2 aromatic carbocycles. The molecule has 1 aliphatic rings. The number of carbonyl (C=O) groups excluding carboxylic acids is 2. The fraction of sp³-hybridized carbons (Fsp3) is 0.481. The summed E-state index contributed by atoms with van der Waals surface area (Å²) in [6.07, 6.45) is -2.26. The van der Waals surface area contributed by atoms with E-state index in [0.29, 0.717) is 46.7 Å². The number of amides is 2. The summed E-state index contributed by atoms with van der Waals surface area (Å²) in [5.41, 5.74) is 6.99. The molecule has 1 aliphatic heterocycles. The monoisotopic (exact) mass is 518 g/mol. The smallest absolute Gasteiger partial charge is 0.405 e. The van der Waals surface area contributed by atoms with Gasteiger partial charge in [0.15, 0.2) is 6.10 Å². The van der Waals surface area contributed by atoms with Crippen molar-refractivity contribution in [2.45, 2.75) is 70.7 Å². The molecule has 2 amide bonds. The van der Waals surface area contributed by atoms with Gasteiger partial charge in [-0.15, -0.1) is 11.6 Å². The second kappa shape index (κ2) is 10.6. The van der Waals surface area contributed by atoms with Gasteiger partial charge >= 0.3 is 6.09 Å². The molecule has 8 nitrogen and oxygen atoms in total. The molecular formula is C27H35ClN2O6. The molecule has 0 saturated heterocycles. The summed E-state index contributed by atoms with van der Waals surface area (Å²) in [7, 11) is 1.50. The molecule has 4 N–H and O–H groups in total.